The number of amides is 1. The van der Waals surface area contributed by atoms with Crippen molar-refractivity contribution in [2.24, 2.45) is 23.0 Å². The standard InChI is InChI=1S/C16H32N2O/c1-15(2,3)13-8-6-12(7-9-13)14(19)18-16(4,5)10-11-17/h12-13H,6-11,17H2,1-5H3,(H,18,19). The zero-order valence-electron chi connectivity index (χ0n) is 13.4. The van der Waals surface area contributed by atoms with Gasteiger partial charge in [-0.3, -0.25) is 4.79 Å². The summed E-state index contributed by atoms with van der Waals surface area (Å²) in [5.41, 5.74) is 5.78. The fourth-order valence-corrected chi connectivity index (χ4v) is 3.08. The van der Waals surface area contributed by atoms with E-state index in [-0.39, 0.29) is 17.4 Å². The van der Waals surface area contributed by atoms with Gasteiger partial charge in [0.05, 0.1) is 0 Å². The van der Waals surface area contributed by atoms with Crippen molar-refractivity contribution < 1.29 is 4.79 Å². The number of nitrogens with one attached hydrogen (secondary N) is 1. The molecule has 0 atom stereocenters. The largest absolute Gasteiger partial charge is 0.351 e. The Morgan fingerprint density at radius 3 is 2.05 bits per heavy atom. The van der Waals surface area contributed by atoms with Crippen LogP contribution in [-0.2, 0) is 4.79 Å². The van der Waals surface area contributed by atoms with Crippen molar-refractivity contribution in [3.63, 3.8) is 0 Å². The Bertz CT molecular complexity index is 296. The monoisotopic (exact) mass is 268 g/mol. The van der Waals surface area contributed by atoms with E-state index in [1.807, 2.05) is 0 Å². The Morgan fingerprint density at radius 1 is 1.11 bits per heavy atom. The first kappa shape index (κ1) is 16.5. The molecule has 1 aliphatic rings. The van der Waals surface area contributed by atoms with Crippen LogP contribution < -0.4 is 11.1 Å². The van der Waals surface area contributed by atoms with Crippen LogP contribution in [0.5, 0.6) is 0 Å². The number of hydrogen-bond acceptors (Lipinski definition) is 2. The summed E-state index contributed by atoms with van der Waals surface area (Å²) in [5, 5.41) is 3.16. The van der Waals surface area contributed by atoms with E-state index in [2.05, 4.69) is 39.9 Å². The summed E-state index contributed by atoms with van der Waals surface area (Å²) in [6, 6.07) is 0. The molecule has 3 nitrogen and oxygen atoms in total. The van der Waals surface area contributed by atoms with Crippen molar-refractivity contribution in [3.8, 4) is 0 Å². The maximum Gasteiger partial charge on any atom is 0.223 e. The molecule has 0 aromatic carbocycles. The molecule has 0 heterocycles. The van der Waals surface area contributed by atoms with Crippen molar-refractivity contribution in [2.75, 3.05) is 6.54 Å². The molecule has 0 aromatic rings. The molecule has 19 heavy (non-hydrogen) atoms. The zero-order valence-corrected chi connectivity index (χ0v) is 13.4. The lowest BCUT2D eigenvalue weighted by Crippen LogP contribution is -2.48. The third-order valence-corrected chi connectivity index (χ3v) is 4.55. The van der Waals surface area contributed by atoms with Crippen LogP contribution >= 0.6 is 0 Å². The average Bonchev–Trinajstić information content (AvgIpc) is 2.27. The quantitative estimate of drug-likeness (QED) is 0.823. The highest BCUT2D eigenvalue weighted by atomic mass is 16.2. The first-order valence-electron chi connectivity index (χ1n) is 7.68. The molecule has 0 saturated heterocycles. The van der Waals surface area contributed by atoms with Gasteiger partial charge in [-0.25, -0.2) is 0 Å². The summed E-state index contributed by atoms with van der Waals surface area (Å²) >= 11 is 0. The van der Waals surface area contributed by atoms with E-state index >= 15 is 0 Å². The highest BCUT2D eigenvalue weighted by molar-refractivity contribution is 5.79. The van der Waals surface area contributed by atoms with E-state index in [0.29, 0.717) is 12.0 Å². The van der Waals surface area contributed by atoms with Crippen LogP contribution in [0.2, 0.25) is 0 Å². The van der Waals surface area contributed by atoms with Gasteiger partial charge >= 0.3 is 0 Å². The molecule has 0 radical (unpaired) electrons. The average molecular weight is 268 g/mol. The molecule has 112 valence electrons. The van der Waals surface area contributed by atoms with Gasteiger partial charge in [-0.1, -0.05) is 20.8 Å². The zero-order chi connectivity index (χ0) is 14.7. The first-order chi connectivity index (χ1) is 8.65. The molecule has 3 heteroatoms. The number of carbonyl (C=O) groups excluding carboxylic acids is 1. The summed E-state index contributed by atoms with van der Waals surface area (Å²) < 4.78 is 0. The van der Waals surface area contributed by atoms with Crippen molar-refractivity contribution in [2.45, 2.75) is 72.3 Å². The summed E-state index contributed by atoms with van der Waals surface area (Å²) in [6.45, 7) is 11.6. The Balaban J connectivity index is 2.45. The van der Waals surface area contributed by atoms with Crippen molar-refractivity contribution in [1.82, 2.24) is 5.32 Å². The molecule has 0 aliphatic heterocycles. The highest BCUT2D eigenvalue weighted by Gasteiger charge is 2.33. The molecule has 1 saturated carbocycles. The van der Waals surface area contributed by atoms with Gasteiger partial charge in [0.15, 0.2) is 0 Å². The molecule has 3 N–H and O–H groups in total. The minimum Gasteiger partial charge on any atom is -0.351 e. The van der Waals surface area contributed by atoms with Crippen molar-refractivity contribution in [3.05, 3.63) is 0 Å². The fraction of sp³-hybridized carbons (Fsp3) is 0.938. The van der Waals surface area contributed by atoms with Crippen LogP contribution in [0.4, 0.5) is 0 Å². The summed E-state index contributed by atoms with van der Waals surface area (Å²) in [5.74, 6) is 1.19. The van der Waals surface area contributed by atoms with Gasteiger partial charge in [-0.2, -0.15) is 0 Å². The van der Waals surface area contributed by atoms with E-state index in [9.17, 15) is 4.79 Å². The third kappa shape index (κ3) is 5.13. The summed E-state index contributed by atoms with van der Waals surface area (Å²) in [6.07, 6.45) is 5.26. The van der Waals surface area contributed by atoms with Crippen LogP contribution in [0.15, 0.2) is 0 Å². The molecule has 0 aromatic heterocycles. The molecule has 0 bridgehead atoms. The van der Waals surface area contributed by atoms with Gasteiger partial charge in [0.25, 0.3) is 0 Å². The van der Waals surface area contributed by atoms with Gasteiger partial charge < -0.3 is 11.1 Å². The van der Waals surface area contributed by atoms with Crippen LogP contribution in [0.1, 0.15) is 66.7 Å². The van der Waals surface area contributed by atoms with Crippen LogP contribution in [0, 0.1) is 17.3 Å². The van der Waals surface area contributed by atoms with Crippen LogP contribution in [0.3, 0.4) is 0 Å². The minimum absolute atomic E-state index is 0.174. The highest BCUT2D eigenvalue weighted by Crippen LogP contribution is 2.39. The lowest BCUT2D eigenvalue weighted by atomic mass is 9.69. The lowest BCUT2D eigenvalue weighted by molar-refractivity contribution is -0.128. The molecular weight excluding hydrogens is 236 g/mol. The predicted octanol–water partition coefficient (Wildman–Crippen LogP) is 3.08. The van der Waals surface area contributed by atoms with Gasteiger partial charge in [0, 0.05) is 11.5 Å². The topological polar surface area (TPSA) is 55.1 Å². The van der Waals surface area contributed by atoms with E-state index in [1.54, 1.807) is 0 Å². The first-order valence-corrected chi connectivity index (χ1v) is 7.68. The molecule has 1 fully saturated rings. The van der Waals surface area contributed by atoms with Gasteiger partial charge in [-0.05, 0) is 63.8 Å². The van der Waals surface area contributed by atoms with Crippen LogP contribution in [0.25, 0.3) is 0 Å². The summed E-state index contributed by atoms with van der Waals surface area (Å²) in [7, 11) is 0. The van der Waals surface area contributed by atoms with E-state index < -0.39 is 0 Å². The third-order valence-electron chi connectivity index (χ3n) is 4.55. The number of carbonyl (C=O) groups is 1. The Labute approximate surface area is 118 Å². The Morgan fingerprint density at radius 2 is 1.63 bits per heavy atom. The molecule has 1 aliphatic carbocycles. The SMILES string of the molecule is CC(C)(CCN)NC(=O)C1CCC(C(C)(C)C)CC1. The molecule has 0 unspecified atom stereocenters. The molecular formula is C16H32N2O. The Kier molecular flexibility index (Phi) is 5.43. The maximum absolute atomic E-state index is 12.3. The molecule has 0 spiro atoms. The molecule has 1 rings (SSSR count). The Hall–Kier alpha value is -0.570. The van der Waals surface area contributed by atoms with Gasteiger partial charge in [-0.15, -0.1) is 0 Å². The second-order valence-electron chi connectivity index (χ2n) is 7.83. The van der Waals surface area contributed by atoms with Crippen molar-refractivity contribution >= 4 is 5.91 Å². The van der Waals surface area contributed by atoms with Gasteiger partial charge in [0.1, 0.15) is 0 Å². The van der Waals surface area contributed by atoms with Crippen LogP contribution in [-0.4, -0.2) is 18.0 Å². The minimum atomic E-state index is -0.174. The summed E-state index contributed by atoms with van der Waals surface area (Å²) in [4.78, 5) is 12.3. The number of hydrogen-bond donors (Lipinski definition) is 2. The lowest BCUT2D eigenvalue weighted by Gasteiger charge is -2.37. The number of nitrogens with two attached hydrogens (primary N) is 1. The second kappa shape index (κ2) is 6.25. The maximum atomic E-state index is 12.3. The predicted molar refractivity (Wildman–Crippen MR) is 80.8 cm³/mol. The van der Waals surface area contributed by atoms with E-state index in [0.717, 1.165) is 25.2 Å². The molecule has 1 amide bonds. The van der Waals surface area contributed by atoms with E-state index in [1.165, 1.54) is 12.8 Å². The number of rotatable bonds is 4. The fourth-order valence-electron chi connectivity index (χ4n) is 3.08. The normalized spacial score (nSPS) is 25.2. The van der Waals surface area contributed by atoms with Gasteiger partial charge in [0.2, 0.25) is 5.91 Å². The smallest absolute Gasteiger partial charge is 0.223 e. The second-order valence-corrected chi connectivity index (χ2v) is 7.83. The van der Waals surface area contributed by atoms with Crippen molar-refractivity contribution in [1.29, 1.82) is 0 Å². The van der Waals surface area contributed by atoms with E-state index in [4.69, 9.17) is 5.73 Å².